The molecule has 0 saturated carbocycles. The van der Waals surface area contributed by atoms with Crippen molar-refractivity contribution in [3.8, 4) is 0 Å². The third-order valence-electron chi connectivity index (χ3n) is 4.57. The van der Waals surface area contributed by atoms with Gasteiger partial charge < -0.3 is 11.1 Å². The molecule has 0 aliphatic carbocycles. The summed E-state index contributed by atoms with van der Waals surface area (Å²) in [5.41, 5.74) is 8.21. The van der Waals surface area contributed by atoms with Crippen LogP contribution in [0.2, 0.25) is 0 Å². The molecule has 0 aromatic heterocycles. The van der Waals surface area contributed by atoms with Gasteiger partial charge in [0, 0.05) is 25.2 Å². The highest BCUT2D eigenvalue weighted by atomic mass is 16.6. The van der Waals surface area contributed by atoms with Crippen molar-refractivity contribution in [2.45, 2.75) is 25.9 Å². The predicted molar refractivity (Wildman–Crippen MR) is 99.6 cm³/mol. The van der Waals surface area contributed by atoms with E-state index in [4.69, 9.17) is 5.73 Å². The standard InChI is InChI=1S/C19H22N4O3/c20-18-11-16(23(25)26)7-8-17(18)19(24)21-12-14-3-5-15(6-4-14)13-22-9-1-2-10-22/h3-8,11H,1-2,9-10,12-13,20H2,(H,21,24). The lowest BCUT2D eigenvalue weighted by molar-refractivity contribution is -0.384. The van der Waals surface area contributed by atoms with Crippen LogP contribution in [-0.4, -0.2) is 28.8 Å². The van der Waals surface area contributed by atoms with Crippen LogP contribution < -0.4 is 11.1 Å². The molecule has 1 saturated heterocycles. The number of non-ortho nitro benzene ring substituents is 1. The molecule has 0 bridgehead atoms. The molecular weight excluding hydrogens is 332 g/mol. The summed E-state index contributed by atoms with van der Waals surface area (Å²) in [6.45, 7) is 3.66. The lowest BCUT2D eigenvalue weighted by Crippen LogP contribution is -2.24. The Bertz CT molecular complexity index is 799. The first-order valence-electron chi connectivity index (χ1n) is 8.65. The summed E-state index contributed by atoms with van der Waals surface area (Å²) in [4.78, 5) is 24.9. The second-order valence-electron chi connectivity index (χ2n) is 6.51. The molecule has 0 spiro atoms. The number of hydrogen-bond donors (Lipinski definition) is 2. The van der Waals surface area contributed by atoms with E-state index in [1.165, 1.54) is 36.6 Å². The minimum Gasteiger partial charge on any atom is -0.398 e. The summed E-state index contributed by atoms with van der Waals surface area (Å²) in [6, 6.07) is 12.0. The number of amides is 1. The fourth-order valence-corrected chi connectivity index (χ4v) is 3.11. The number of nitrogens with one attached hydrogen (secondary N) is 1. The average Bonchev–Trinajstić information content (AvgIpc) is 3.13. The van der Waals surface area contributed by atoms with Crippen LogP contribution in [-0.2, 0) is 13.1 Å². The Balaban J connectivity index is 1.56. The van der Waals surface area contributed by atoms with Gasteiger partial charge in [-0.3, -0.25) is 19.8 Å². The molecule has 0 atom stereocenters. The molecule has 1 aliphatic heterocycles. The van der Waals surface area contributed by atoms with Gasteiger partial charge in [0.05, 0.1) is 16.2 Å². The molecule has 2 aromatic rings. The molecule has 7 nitrogen and oxygen atoms in total. The second-order valence-corrected chi connectivity index (χ2v) is 6.51. The van der Waals surface area contributed by atoms with Gasteiger partial charge in [0.25, 0.3) is 11.6 Å². The summed E-state index contributed by atoms with van der Waals surface area (Å²) < 4.78 is 0. The number of likely N-dealkylation sites (tertiary alicyclic amines) is 1. The number of rotatable bonds is 6. The number of hydrogen-bond acceptors (Lipinski definition) is 5. The van der Waals surface area contributed by atoms with Gasteiger partial charge in [0.1, 0.15) is 0 Å². The highest BCUT2D eigenvalue weighted by molar-refractivity contribution is 5.99. The van der Waals surface area contributed by atoms with E-state index in [2.05, 4.69) is 22.3 Å². The van der Waals surface area contributed by atoms with Crippen LogP contribution >= 0.6 is 0 Å². The van der Waals surface area contributed by atoms with Crippen LogP contribution in [0.3, 0.4) is 0 Å². The Labute approximate surface area is 152 Å². The normalized spacial score (nSPS) is 14.3. The maximum absolute atomic E-state index is 12.2. The van der Waals surface area contributed by atoms with E-state index in [-0.39, 0.29) is 22.8 Å². The van der Waals surface area contributed by atoms with Crippen LogP contribution in [0.4, 0.5) is 11.4 Å². The number of nitrogens with two attached hydrogens (primary N) is 1. The summed E-state index contributed by atoms with van der Waals surface area (Å²) in [5, 5.41) is 13.5. The highest BCUT2D eigenvalue weighted by Gasteiger charge is 2.14. The largest absolute Gasteiger partial charge is 0.398 e. The van der Waals surface area contributed by atoms with Crippen molar-refractivity contribution in [1.29, 1.82) is 0 Å². The predicted octanol–water partition coefficient (Wildman–Crippen LogP) is 2.70. The van der Waals surface area contributed by atoms with E-state index >= 15 is 0 Å². The van der Waals surface area contributed by atoms with E-state index in [1.807, 2.05) is 12.1 Å². The molecular formula is C19H22N4O3. The van der Waals surface area contributed by atoms with Gasteiger partial charge in [0.15, 0.2) is 0 Å². The molecule has 0 unspecified atom stereocenters. The summed E-state index contributed by atoms with van der Waals surface area (Å²) in [7, 11) is 0. The zero-order chi connectivity index (χ0) is 18.5. The van der Waals surface area contributed by atoms with E-state index in [0.717, 1.165) is 25.2 Å². The van der Waals surface area contributed by atoms with Gasteiger partial charge in [-0.25, -0.2) is 0 Å². The Morgan fingerprint density at radius 2 is 1.77 bits per heavy atom. The third kappa shape index (κ3) is 4.37. The Morgan fingerprint density at radius 3 is 2.38 bits per heavy atom. The van der Waals surface area contributed by atoms with Gasteiger partial charge in [-0.1, -0.05) is 24.3 Å². The fourth-order valence-electron chi connectivity index (χ4n) is 3.11. The van der Waals surface area contributed by atoms with Crippen LogP contribution in [0.25, 0.3) is 0 Å². The molecule has 7 heteroatoms. The van der Waals surface area contributed by atoms with Gasteiger partial charge in [-0.05, 0) is 43.1 Å². The Kier molecular flexibility index (Phi) is 5.48. The lowest BCUT2D eigenvalue weighted by Gasteiger charge is -2.14. The van der Waals surface area contributed by atoms with Gasteiger partial charge in [0.2, 0.25) is 0 Å². The van der Waals surface area contributed by atoms with Crippen molar-refractivity contribution in [2.24, 2.45) is 0 Å². The number of nitro benzene ring substituents is 1. The molecule has 26 heavy (non-hydrogen) atoms. The van der Waals surface area contributed by atoms with Crippen LogP contribution in [0, 0.1) is 10.1 Å². The zero-order valence-corrected chi connectivity index (χ0v) is 14.5. The number of carbonyl (C=O) groups is 1. The minimum atomic E-state index is -0.540. The Morgan fingerprint density at radius 1 is 1.12 bits per heavy atom. The van der Waals surface area contributed by atoms with Crippen molar-refractivity contribution in [3.63, 3.8) is 0 Å². The van der Waals surface area contributed by atoms with E-state index in [9.17, 15) is 14.9 Å². The first-order chi connectivity index (χ1) is 12.5. The first-order valence-corrected chi connectivity index (χ1v) is 8.65. The van der Waals surface area contributed by atoms with E-state index in [1.54, 1.807) is 0 Å². The molecule has 3 rings (SSSR count). The number of anilines is 1. The molecule has 1 amide bonds. The minimum absolute atomic E-state index is 0.0951. The number of nitrogens with zero attached hydrogens (tertiary/aromatic N) is 2. The van der Waals surface area contributed by atoms with Gasteiger partial charge in [-0.2, -0.15) is 0 Å². The number of benzene rings is 2. The van der Waals surface area contributed by atoms with Gasteiger partial charge in [-0.15, -0.1) is 0 Å². The first kappa shape index (κ1) is 17.9. The number of nitrogen functional groups attached to an aromatic ring is 1. The van der Waals surface area contributed by atoms with Crippen molar-refractivity contribution >= 4 is 17.3 Å². The van der Waals surface area contributed by atoms with Crippen LogP contribution in [0.15, 0.2) is 42.5 Å². The molecule has 1 aliphatic rings. The summed E-state index contributed by atoms with van der Waals surface area (Å²) in [6.07, 6.45) is 2.55. The van der Waals surface area contributed by atoms with Gasteiger partial charge >= 0.3 is 0 Å². The van der Waals surface area contributed by atoms with Crippen molar-refractivity contribution in [1.82, 2.24) is 10.2 Å². The van der Waals surface area contributed by atoms with Crippen molar-refractivity contribution < 1.29 is 9.72 Å². The maximum Gasteiger partial charge on any atom is 0.271 e. The smallest absolute Gasteiger partial charge is 0.271 e. The second kappa shape index (κ2) is 7.97. The molecule has 136 valence electrons. The molecule has 1 heterocycles. The molecule has 3 N–H and O–H groups in total. The fraction of sp³-hybridized carbons (Fsp3) is 0.316. The molecule has 1 fully saturated rings. The summed E-state index contributed by atoms with van der Waals surface area (Å²) >= 11 is 0. The van der Waals surface area contributed by atoms with Crippen LogP contribution in [0.1, 0.15) is 34.3 Å². The maximum atomic E-state index is 12.2. The third-order valence-corrected chi connectivity index (χ3v) is 4.57. The SMILES string of the molecule is Nc1cc([N+](=O)[O-])ccc1C(=O)NCc1ccc(CN2CCCC2)cc1. The van der Waals surface area contributed by atoms with Crippen LogP contribution in [0.5, 0.6) is 0 Å². The molecule has 2 aromatic carbocycles. The summed E-state index contributed by atoms with van der Waals surface area (Å²) in [5.74, 6) is -0.349. The number of nitro groups is 1. The number of carbonyl (C=O) groups excluding carboxylic acids is 1. The molecule has 0 radical (unpaired) electrons. The lowest BCUT2D eigenvalue weighted by atomic mass is 10.1. The van der Waals surface area contributed by atoms with E-state index in [0.29, 0.717) is 6.54 Å². The monoisotopic (exact) mass is 354 g/mol. The van der Waals surface area contributed by atoms with Crippen molar-refractivity contribution in [2.75, 3.05) is 18.8 Å². The zero-order valence-electron chi connectivity index (χ0n) is 14.5. The average molecular weight is 354 g/mol. The van der Waals surface area contributed by atoms with Crippen molar-refractivity contribution in [3.05, 3.63) is 69.3 Å². The Hall–Kier alpha value is -2.93. The van der Waals surface area contributed by atoms with E-state index < -0.39 is 4.92 Å². The quantitative estimate of drug-likeness (QED) is 0.472. The highest BCUT2D eigenvalue weighted by Crippen LogP contribution is 2.20. The topological polar surface area (TPSA) is 101 Å².